The van der Waals surface area contributed by atoms with E-state index in [0.29, 0.717) is 54.7 Å². The lowest BCUT2D eigenvalue weighted by molar-refractivity contribution is 0.102. The van der Waals surface area contributed by atoms with Crippen molar-refractivity contribution in [3.05, 3.63) is 109 Å². The van der Waals surface area contributed by atoms with Gasteiger partial charge in [-0.3, -0.25) is 13.9 Å². The molecular formula is C31H25Cl2N7O3S. The molecule has 10 nitrogen and oxygen atoms in total. The van der Waals surface area contributed by atoms with E-state index in [-0.39, 0.29) is 5.91 Å². The number of rotatable bonds is 6. The van der Waals surface area contributed by atoms with E-state index in [1.807, 2.05) is 40.3 Å². The number of aromatic nitrogens is 4. The summed E-state index contributed by atoms with van der Waals surface area (Å²) >= 11 is 13.8. The smallest absolute Gasteiger partial charge is 0.355 e. The van der Waals surface area contributed by atoms with Crippen molar-refractivity contribution in [1.82, 2.24) is 19.1 Å². The molecule has 3 aromatic carbocycles. The second-order valence-corrected chi connectivity index (χ2v) is 12.2. The first-order valence-corrected chi connectivity index (χ1v) is 15.0. The molecule has 6 aromatic rings. The first-order chi connectivity index (χ1) is 21.0. The first kappa shape index (κ1) is 29.4. The Morgan fingerprint density at radius 1 is 0.773 bits per heavy atom. The lowest BCUT2D eigenvalue weighted by Crippen LogP contribution is -2.26. The van der Waals surface area contributed by atoms with Gasteiger partial charge in [-0.15, -0.1) is 11.3 Å². The van der Waals surface area contributed by atoms with E-state index in [9.17, 15) is 14.4 Å². The fourth-order valence-corrected chi connectivity index (χ4v) is 6.23. The van der Waals surface area contributed by atoms with Crippen LogP contribution in [0.2, 0.25) is 10.0 Å². The Labute approximate surface area is 265 Å². The van der Waals surface area contributed by atoms with Gasteiger partial charge in [0.2, 0.25) is 0 Å². The summed E-state index contributed by atoms with van der Waals surface area (Å²) < 4.78 is 2.91. The number of halogens is 2. The van der Waals surface area contributed by atoms with Crippen molar-refractivity contribution in [2.45, 2.75) is 0 Å². The highest BCUT2D eigenvalue weighted by molar-refractivity contribution is 7.12. The zero-order valence-electron chi connectivity index (χ0n) is 24.0. The maximum Gasteiger partial charge on any atom is 0.355 e. The summed E-state index contributed by atoms with van der Waals surface area (Å²) in [7, 11) is 7.25. The average molecular weight is 647 g/mol. The number of amides is 1. The van der Waals surface area contributed by atoms with Gasteiger partial charge in [-0.25, -0.2) is 9.59 Å². The minimum absolute atomic E-state index is 0.348. The number of hydrogen-bond donors (Lipinski definition) is 1. The van der Waals surface area contributed by atoms with Crippen molar-refractivity contribution < 1.29 is 4.79 Å². The molecule has 0 fully saturated rings. The van der Waals surface area contributed by atoms with Crippen LogP contribution in [0.4, 0.5) is 17.3 Å². The van der Waals surface area contributed by atoms with Crippen molar-refractivity contribution in [1.29, 1.82) is 0 Å². The highest BCUT2D eigenvalue weighted by Gasteiger charge is 2.18. The van der Waals surface area contributed by atoms with Gasteiger partial charge >= 0.3 is 11.4 Å². The Balaban J connectivity index is 1.35. The molecule has 0 saturated carbocycles. The van der Waals surface area contributed by atoms with Crippen molar-refractivity contribution in [2.75, 3.05) is 43.3 Å². The zero-order valence-corrected chi connectivity index (χ0v) is 26.3. The van der Waals surface area contributed by atoms with E-state index in [1.165, 1.54) is 20.5 Å². The number of fused-ring (bicyclic) bond motifs is 2. The standard InChI is InChI=1S/C31H25Cl2N7O3S/c1-37(2)27-22-10-8-18(32)13-24(22)39(30(42)35-27)21-7-5-6-20(15-21)34-29(41)17-12-26(44-16-17)40-25-14-19(33)9-11-23(25)28(38(3)4)36-31(40)43/h5-16H,1-4H3,(H,34,41). The average Bonchev–Trinajstić information content (AvgIpc) is 3.46. The molecule has 1 amide bonds. The summed E-state index contributed by atoms with van der Waals surface area (Å²) in [5, 5.41) is 7.51. The number of nitrogens with one attached hydrogen (secondary N) is 1. The predicted molar refractivity (Wildman–Crippen MR) is 179 cm³/mol. The number of benzene rings is 3. The third-order valence-electron chi connectivity index (χ3n) is 6.95. The number of anilines is 3. The molecule has 0 saturated heterocycles. The summed E-state index contributed by atoms with van der Waals surface area (Å²) in [6.45, 7) is 0. The van der Waals surface area contributed by atoms with Gasteiger partial charge in [0, 0.05) is 60.1 Å². The molecule has 13 heteroatoms. The Bertz CT molecular complexity index is 2220. The van der Waals surface area contributed by atoms with E-state index >= 15 is 0 Å². The van der Waals surface area contributed by atoms with E-state index in [4.69, 9.17) is 23.2 Å². The molecule has 222 valence electrons. The molecule has 3 aromatic heterocycles. The van der Waals surface area contributed by atoms with Gasteiger partial charge in [0.05, 0.1) is 22.3 Å². The second kappa shape index (κ2) is 11.4. The molecule has 0 bridgehead atoms. The Morgan fingerprint density at radius 3 is 1.93 bits per heavy atom. The van der Waals surface area contributed by atoms with Crippen molar-refractivity contribution >= 4 is 79.6 Å². The highest BCUT2D eigenvalue weighted by Crippen LogP contribution is 2.30. The van der Waals surface area contributed by atoms with Crippen LogP contribution in [-0.2, 0) is 0 Å². The van der Waals surface area contributed by atoms with Crippen LogP contribution >= 0.6 is 34.5 Å². The number of hydrogen-bond acceptors (Lipinski definition) is 8. The van der Waals surface area contributed by atoms with Crippen LogP contribution in [0.3, 0.4) is 0 Å². The van der Waals surface area contributed by atoms with Gasteiger partial charge in [0.1, 0.15) is 16.6 Å². The third kappa shape index (κ3) is 5.30. The van der Waals surface area contributed by atoms with Crippen molar-refractivity contribution in [3.8, 4) is 10.7 Å². The second-order valence-electron chi connectivity index (χ2n) is 10.4. The van der Waals surface area contributed by atoms with Crippen LogP contribution in [0, 0.1) is 0 Å². The van der Waals surface area contributed by atoms with Crippen molar-refractivity contribution in [3.63, 3.8) is 0 Å². The molecular weight excluding hydrogens is 621 g/mol. The minimum atomic E-state index is -0.489. The lowest BCUT2D eigenvalue weighted by Gasteiger charge is -2.17. The molecule has 1 N–H and O–H groups in total. The first-order valence-electron chi connectivity index (χ1n) is 13.3. The summed E-state index contributed by atoms with van der Waals surface area (Å²) in [4.78, 5) is 51.8. The Hall–Kier alpha value is -4.71. The summed E-state index contributed by atoms with van der Waals surface area (Å²) in [6.07, 6.45) is 0. The number of carbonyl (C=O) groups is 1. The molecule has 6 rings (SSSR count). The van der Waals surface area contributed by atoms with Gasteiger partial charge in [0.25, 0.3) is 5.91 Å². The monoisotopic (exact) mass is 645 g/mol. The summed E-state index contributed by atoms with van der Waals surface area (Å²) in [5.74, 6) is 0.656. The van der Waals surface area contributed by atoms with E-state index in [1.54, 1.807) is 69.8 Å². The van der Waals surface area contributed by atoms with Crippen LogP contribution in [0.5, 0.6) is 0 Å². The normalized spacial score (nSPS) is 11.2. The number of nitrogens with zero attached hydrogens (tertiary/aromatic N) is 6. The van der Waals surface area contributed by atoms with Crippen LogP contribution in [0.25, 0.3) is 32.5 Å². The Kier molecular flexibility index (Phi) is 7.62. The molecule has 0 aliphatic rings. The van der Waals surface area contributed by atoms with Gasteiger partial charge in [-0.05, 0) is 60.7 Å². The summed E-state index contributed by atoms with van der Waals surface area (Å²) in [5.41, 5.74) is 1.50. The molecule has 44 heavy (non-hydrogen) atoms. The van der Waals surface area contributed by atoms with E-state index < -0.39 is 11.4 Å². The van der Waals surface area contributed by atoms with Crippen LogP contribution in [0.1, 0.15) is 10.4 Å². The van der Waals surface area contributed by atoms with Gasteiger partial charge in [-0.2, -0.15) is 9.97 Å². The molecule has 0 spiro atoms. The Morgan fingerprint density at radius 2 is 1.34 bits per heavy atom. The third-order valence-corrected chi connectivity index (χ3v) is 8.33. The maximum absolute atomic E-state index is 13.4. The molecule has 0 unspecified atom stereocenters. The van der Waals surface area contributed by atoms with E-state index in [2.05, 4.69) is 15.3 Å². The van der Waals surface area contributed by atoms with Gasteiger partial charge in [-0.1, -0.05) is 29.3 Å². The van der Waals surface area contributed by atoms with Crippen LogP contribution in [0.15, 0.2) is 81.7 Å². The van der Waals surface area contributed by atoms with E-state index in [0.717, 1.165) is 10.8 Å². The molecule has 0 atom stereocenters. The van der Waals surface area contributed by atoms with Crippen LogP contribution in [-0.4, -0.2) is 53.2 Å². The maximum atomic E-state index is 13.4. The molecule has 3 heterocycles. The minimum Gasteiger partial charge on any atom is -0.362 e. The molecule has 0 radical (unpaired) electrons. The fraction of sp³-hybridized carbons (Fsp3) is 0.129. The topological polar surface area (TPSA) is 105 Å². The largest absolute Gasteiger partial charge is 0.362 e. The molecule has 0 aliphatic heterocycles. The van der Waals surface area contributed by atoms with Crippen molar-refractivity contribution in [2.24, 2.45) is 0 Å². The zero-order chi connectivity index (χ0) is 31.3. The SMILES string of the molecule is CN(C)c1nc(=O)n(-c2cccc(NC(=O)c3csc(-n4c(=O)nc(N(C)C)c5ccc(Cl)cc54)c3)c2)c2cc(Cl)ccc12. The lowest BCUT2D eigenvalue weighted by atomic mass is 10.2. The summed E-state index contributed by atoms with van der Waals surface area (Å²) in [6, 6.07) is 19.1. The van der Waals surface area contributed by atoms with Gasteiger partial charge < -0.3 is 15.1 Å². The fourth-order valence-electron chi connectivity index (χ4n) is 5.00. The molecule has 0 aliphatic carbocycles. The quantitative estimate of drug-likeness (QED) is 0.243. The number of thiophene rings is 1. The predicted octanol–water partition coefficient (Wildman–Crippen LogP) is 5.84. The van der Waals surface area contributed by atoms with Gasteiger partial charge in [0.15, 0.2) is 0 Å². The van der Waals surface area contributed by atoms with Crippen LogP contribution < -0.4 is 26.5 Å². The highest BCUT2D eigenvalue weighted by atomic mass is 35.5. The number of carbonyl (C=O) groups excluding carboxylic acids is 1.